The van der Waals surface area contributed by atoms with Crippen LogP contribution in [0.3, 0.4) is 0 Å². The van der Waals surface area contributed by atoms with Gasteiger partial charge in [-0.2, -0.15) is 4.98 Å². The van der Waals surface area contributed by atoms with E-state index >= 15 is 0 Å². The molecule has 3 rings (SSSR count). The fraction of sp³-hybridized carbons (Fsp3) is 0.143. The highest BCUT2D eigenvalue weighted by molar-refractivity contribution is 7.98. The number of halogens is 1. The van der Waals surface area contributed by atoms with Gasteiger partial charge >= 0.3 is 0 Å². The zero-order valence-electron chi connectivity index (χ0n) is 11.5. The van der Waals surface area contributed by atoms with Crippen molar-refractivity contribution in [2.45, 2.75) is 17.5 Å². The van der Waals surface area contributed by atoms with E-state index in [-0.39, 0.29) is 0 Å². The average molecular weight is 334 g/mol. The maximum atomic E-state index is 6.12. The van der Waals surface area contributed by atoms with Crippen LogP contribution in [0.15, 0.2) is 52.9 Å². The number of hydrogen-bond donors (Lipinski definition) is 0. The highest BCUT2D eigenvalue weighted by Gasteiger charge is 2.13. The summed E-state index contributed by atoms with van der Waals surface area (Å²) in [5.74, 6) is 1.52. The molecule has 0 N–H and O–H groups in total. The molecule has 0 radical (unpaired) electrons. The Bertz CT molecular complexity index is 785. The van der Waals surface area contributed by atoms with Gasteiger partial charge in [0.1, 0.15) is 6.33 Å². The lowest BCUT2D eigenvalue weighted by atomic mass is 10.2. The van der Waals surface area contributed by atoms with Crippen LogP contribution in [0.2, 0.25) is 5.02 Å². The van der Waals surface area contributed by atoms with E-state index < -0.39 is 0 Å². The average Bonchev–Trinajstić information content (AvgIpc) is 3.15. The van der Waals surface area contributed by atoms with E-state index in [2.05, 4.69) is 26.9 Å². The predicted molar refractivity (Wildman–Crippen MR) is 84.5 cm³/mol. The van der Waals surface area contributed by atoms with E-state index in [1.165, 1.54) is 11.8 Å². The van der Waals surface area contributed by atoms with Crippen molar-refractivity contribution in [3.63, 3.8) is 0 Å². The zero-order valence-corrected chi connectivity index (χ0v) is 13.1. The van der Waals surface area contributed by atoms with Crippen LogP contribution in [0, 0.1) is 0 Å². The van der Waals surface area contributed by atoms with Crippen LogP contribution in [0.1, 0.15) is 5.82 Å². The van der Waals surface area contributed by atoms with Crippen molar-refractivity contribution in [2.24, 2.45) is 0 Å². The Morgan fingerprint density at radius 1 is 1.36 bits per heavy atom. The first-order chi connectivity index (χ1) is 10.8. The molecule has 0 aliphatic heterocycles. The molecule has 3 aromatic rings. The molecule has 0 atom stereocenters. The summed E-state index contributed by atoms with van der Waals surface area (Å²) in [5, 5.41) is 13.3. The Morgan fingerprint density at radius 2 is 2.23 bits per heavy atom. The Kier molecular flexibility index (Phi) is 4.55. The minimum atomic E-state index is 0.411. The molecule has 0 aliphatic rings. The van der Waals surface area contributed by atoms with Crippen molar-refractivity contribution in [1.29, 1.82) is 0 Å². The van der Waals surface area contributed by atoms with Gasteiger partial charge in [-0.3, -0.25) is 0 Å². The third-order valence-electron chi connectivity index (χ3n) is 2.81. The van der Waals surface area contributed by atoms with Crippen molar-refractivity contribution in [3.05, 3.63) is 54.1 Å². The Hall–Kier alpha value is -2.12. The lowest BCUT2D eigenvalue weighted by Crippen LogP contribution is -1.96. The van der Waals surface area contributed by atoms with Crippen LogP contribution < -0.4 is 0 Å². The number of allylic oxidation sites excluding steroid dienone is 1. The molecule has 2 heterocycles. The summed E-state index contributed by atoms with van der Waals surface area (Å²) in [6.45, 7) is 4.36. The molecule has 112 valence electrons. The lowest BCUT2D eigenvalue weighted by molar-refractivity contribution is 0.425. The van der Waals surface area contributed by atoms with Crippen LogP contribution in [-0.4, -0.2) is 24.9 Å². The highest BCUT2D eigenvalue weighted by atomic mass is 35.5. The normalized spacial score (nSPS) is 10.8. The van der Waals surface area contributed by atoms with Gasteiger partial charge in [-0.15, -0.1) is 16.8 Å². The third kappa shape index (κ3) is 3.20. The minimum absolute atomic E-state index is 0.411. The maximum Gasteiger partial charge on any atom is 0.259 e. The van der Waals surface area contributed by atoms with Crippen LogP contribution in [-0.2, 0) is 12.3 Å². The summed E-state index contributed by atoms with van der Waals surface area (Å²) in [6.07, 6.45) is 3.45. The molecule has 0 bridgehead atoms. The van der Waals surface area contributed by atoms with Crippen molar-refractivity contribution in [3.8, 4) is 11.5 Å². The summed E-state index contributed by atoms with van der Waals surface area (Å²) in [5.41, 5.74) is 0.725. The van der Waals surface area contributed by atoms with E-state index in [1.54, 1.807) is 18.5 Å². The van der Waals surface area contributed by atoms with Gasteiger partial charge in [-0.25, -0.2) is 0 Å². The Morgan fingerprint density at radius 3 is 3.05 bits per heavy atom. The molecule has 0 amide bonds. The number of nitrogens with zero attached hydrogens (tertiary/aromatic N) is 5. The van der Waals surface area contributed by atoms with E-state index in [1.807, 2.05) is 22.8 Å². The molecule has 0 unspecified atom stereocenters. The van der Waals surface area contributed by atoms with Crippen molar-refractivity contribution in [1.82, 2.24) is 24.9 Å². The standard InChI is InChI=1S/C14H12ClN5OS/c1-2-7-20-9-16-18-14(20)22-8-12-17-13(21-19-12)10-5-3-4-6-11(10)15/h2-6,9H,1,7-8H2. The summed E-state index contributed by atoms with van der Waals surface area (Å²) >= 11 is 7.60. The molecule has 0 saturated carbocycles. The summed E-state index contributed by atoms with van der Waals surface area (Å²) < 4.78 is 7.16. The quantitative estimate of drug-likeness (QED) is 0.508. The molecule has 2 aromatic heterocycles. The molecule has 0 saturated heterocycles. The van der Waals surface area contributed by atoms with Gasteiger partial charge in [0.25, 0.3) is 5.89 Å². The summed E-state index contributed by atoms with van der Waals surface area (Å²) in [7, 11) is 0. The van der Waals surface area contributed by atoms with E-state index in [9.17, 15) is 0 Å². The number of aromatic nitrogens is 5. The Labute approximate surface area is 136 Å². The maximum absolute atomic E-state index is 6.12. The van der Waals surface area contributed by atoms with Crippen LogP contribution in [0.5, 0.6) is 0 Å². The number of thioether (sulfide) groups is 1. The monoisotopic (exact) mass is 333 g/mol. The first-order valence-electron chi connectivity index (χ1n) is 6.47. The second-order valence-corrected chi connectivity index (χ2v) is 5.69. The molecule has 6 nitrogen and oxygen atoms in total. The molecule has 0 aliphatic carbocycles. The second kappa shape index (κ2) is 6.76. The van der Waals surface area contributed by atoms with Crippen molar-refractivity contribution < 1.29 is 4.52 Å². The number of hydrogen-bond acceptors (Lipinski definition) is 6. The van der Waals surface area contributed by atoms with Gasteiger partial charge in [-0.1, -0.05) is 46.7 Å². The molecule has 0 spiro atoms. The highest BCUT2D eigenvalue weighted by Crippen LogP contribution is 2.27. The summed E-state index contributed by atoms with van der Waals surface area (Å²) in [4.78, 5) is 4.36. The van der Waals surface area contributed by atoms with Crippen LogP contribution in [0.25, 0.3) is 11.5 Å². The second-order valence-electron chi connectivity index (χ2n) is 4.34. The van der Waals surface area contributed by atoms with Gasteiger partial charge in [0, 0.05) is 6.54 Å². The molecule has 22 heavy (non-hydrogen) atoms. The van der Waals surface area contributed by atoms with E-state index in [4.69, 9.17) is 16.1 Å². The Balaban J connectivity index is 1.71. The van der Waals surface area contributed by atoms with Gasteiger partial charge in [0.2, 0.25) is 0 Å². The smallest absolute Gasteiger partial charge is 0.259 e. The van der Waals surface area contributed by atoms with Gasteiger partial charge < -0.3 is 9.09 Å². The number of rotatable bonds is 6. The first-order valence-corrected chi connectivity index (χ1v) is 7.83. The predicted octanol–water partition coefficient (Wildman–Crippen LogP) is 3.46. The SMILES string of the molecule is C=CCn1cnnc1SCc1noc(-c2ccccc2Cl)n1. The number of benzene rings is 1. The van der Waals surface area contributed by atoms with Crippen molar-refractivity contribution in [2.75, 3.05) is 0 Å². The fourth-order valence-corrected chi connectivity index (χ4v) is 2.79. The molecular formula is C14H12ClN5OS. The minimum Gasteiger partial charge on any atom is -0.334 e. The topological polar surface area (TPSA) is 69.6 Å². The van der Waals surface area contributed by atoms with E-state index in [0.717, 1.165) is 10.7 Å². The van der Waals surface area contributed by atoms with Gasteiger partial charge in [0.15, 0.2) is 11.0 Å². The lowest BCUT2D eigenvalue weighted by Gasteiger charge is -2.00. The van der Waals surface area contributed by atoms with Crippen LogP contribution in [0.4, 0.5) is 0 Å². The van der Waals surface area contributed by atoms with E-state index in [0.29, 0.717) is 29.0 Å². The first kappa shape index (κ1) is 14.8. The zero-order chi connectivity index (χ0) is 15.4. The molecule has 8 heteroatoms. The molecule has 0 fully saturated rings. The van der Waals surface area contributed by atoms with Gasteiger partial charge in [-0.05, 0) is 12.1 Å². The van der Waals surface area contributed by atoms with Crippen molar-refractivity contribution >= 4 is 23.4 Å². The summed E-state index contributed by atoms with van der Waals surface area (Å²) in [6, 6.07) is 7.35. The molecular weight excluding hydrogens is 322 g/mol. The fourth-order valence-electron chi connectivity index (χ4n) is 1.81. The molecule has 1 aromatic carbocycles. The largest absolute Gasteiger partial charge is 0.334 e. The third-order valence-corrected chi connectivity index (χ3v) is 4.12. The van der Waals surface area contributed by atoms with Crippen LogP contribution >= 0.6 is 23.4 Å². The van der Waals surface area contributed by atoms with Gasteiger partial charge in [0.05, 0.1) is 16.3 Å².